The Kier molecular flexibility index (Phi) is 8.31. The second-order valence-electron chi connectivity index (χ2n) is 8.78. The van der Waals surface area contributed by atoms with Crippen LogP contribution < -0.4 is 21.9 Å². The highest BCUT2D eigenvalue weighted by Gasteiger charge is 2.33. The molecule has 3 N–H and O–H groups in total. The molecule has 0 aliphatic carbocycles. The maximum atomic E-state index is 13.7. The molecule has 9 heteroatoms. The summed E-state index contributed by atoms with van der Waals surface area (Å²) in [6.45, 7) is 6.68. The van der Waals surface area contributed by atoms with Crippen molar-refractivity contribution in [2.24, 2.45) is 0 Å². The Bertz CT molecular complexity index is 1150. The first-order valence-electron chi connectivity index (χ1n) is 12.1. The van der Waals surface area contributed by atoms with Gasteiger partial charge in [-0.15, -0.1) is 0 Å². The molecule has 2 aromatic rings. The number of H-pyrrole nitrogens is 1. The van der Waals surface area contributed by atoms with Gasteiger partial charge in [0.25, 0.3) is 5.56 Å². The Balaban J connectivity index is 2.02. The summed E-state index contributed by atoms with van der Waals surface area (Å²) >= 11 is 0. The van der Waals surface area contributed by atoms with Crippen molar-refractivity contribution in [2.75, 3.05) is 23.7 Å². The first-order valence-corrected chi connectivity index (χ1v) is 12.1. The lowest BCUT2D eigenvalue weighted by Crippen LogP contribution is -2.45. The molecule has 9 nitrogen and oxygen atoms in total. The van der Waals surface area contributed by atoms with Gasteiger partial charge in [-0.1, -0.05) is 51.0 Å². The molecule has 184 valence electrons. The number of aromatic nitrogens is 2. The maximum absolute atomic E-state index is 13.7. The third-order valence-electron chi connectivity index (χ3n) is 6.44. The fraction of sp³-hybridized carbons (Fsp3) is 0.520. The fourth-order valence-corrected chi connectivity index (χ4v) is 4.58. The summed E-state index contributed by atoms with van der Waals surface area (Å²) in [4.78, 5) is 56.8. The molecule has 0 bridgehead atoms. The van der Waals surface area contributed by atoms with Crippen LogP contribution in [0, 0.1) is 0 Å². The molecule has 2 amide bonds. The number of rotatable bonds is 9. The molecule has 34 heavy (non-hydrogen) atoms. The summed E-state index contributed by atoms with van der Waals surface area (Å²) in [7, 11) is 0. The minimum absolute atomic E-state index is 0.000814. The van der Waals surface area contributed by atoms with Crippen LogP contribution in [-0.2, 0) is 22.6 Å². The standard InChI is InChI=1S/C25H35N5O4/c1-4-6-13-29(22-23(26)30(14-7-5-2)25(34)27-24(22)33)21(32)16-20-19-11-9-8-10-18(19)12-15-28(20)17(3)31/h8-11,20H,4-7,12-16,26H2,1-3H3,(H,27,33,34). The molecule has 0 saturated heterocycles. The number of fused-ring (bicyclic) bond motifs is 1. The normalized spacial score (nSPS) is 15.1. The third kappa shape index (κ3) is 5.24. The van der Waals surface area contributed by atoms with Crippen molar-refractivity contribution in [3.05, 3.63) is 56.2 Å². The van der Waals surface area contributed by atoms with Gasteiger partial charge in [0.05, 0.1) is 12.5 Å². The van der Waals surface area contributed by atoms with Crippen molar-refractivity contribution < 1.29 is 9.59 Å². The van der Waals surface area contributed by atoms with E-state index in [1.807, 2.05) is 38.1 Å². The molecule has 0 saturated carbocycles. The smallest absolute Gasteiger partial charge is 0.330 e. The number of anilines is 2. The van der Waals surface area contributed by atoms with Gasteiger partial charge in [-0.05, 0) is 30.4 Å². The zero-order valence-corrected chi connectivity index (χ0v) is 20.3. The lowest BCUT2D eigenvalue weighted by atomic mass is 9.90. The topological polar surface area (TPSA) is 121 Å². The third-order valence-corrected chi connectivity index (χ3v) is 6.44. The predicted molar refractivity (Wildman–Crippen MR) is 133 cm³/mol. The van der Waals surface area contributed by atoms with Crippen LogP contribution in [0.15, 0.2) is 33.9 Å². The van der Waals surface area contributed by atoms with Crippen LogP contribution >= 0.6 is 0 Å². The number of nitrogens with one attached hydrogen (secondary N) is 1. The molecular weight excluding hydrogens is 434 g/mol. The highest BCUT2D eigenvalue weighted by atomic mass is 16.2. The van der Waals surface area contributed by atoms with Crippen LogP contribution in [0.2, 0.25) is 0 Å². The number of nitrogens with zero attached hydrogens (tertiary/aromatic N) is 3. The van der Waals surface area contributed by atoms with E-state index in [2.05, 4.69) is 4.98 Å². The van der Waals surface area contributed by atoms with Gasteiger partial charge in [0, 0.05) is 26.6 Å². The predicted octanol–water partition coefficient (Wildman–Crippen LogP) is 2.59. The van der Waals surface area contributed by atoms with Crippen LogP contribution in [-0.4, -0.2) is 39.4 Å². The molecule has 0 fully saturated rings. The molecule has 1 atom stereocenters. The first kappa shape index (κ1) is 25.3. The molecule has 1 aromatic heterocycles. The minimum atomic E-state index is -0.674. The van der Waals surface area contributed by atoms with Crippen molar-refractivity contribution in [3.8, 4) is 0 Å². The SMILES string of the molecule is CCCCN(C(=O)CC1c2ccccc2CCN1C(C)=O)c1c(N)n(CCCC)c(=O)[nH]c1=O. The average molecular weight is 470 g/mol. The van der Waals surface area contributed by atoms with Crippen LogP contribution in [0.4, 0.5) is 11.5 Å². The number of carbonyl (C=O) groups is 2. The van der Waals surface area contributed by atoms with Crippen LogP contribution in [0.3, 0.4) is 0 Å². The van der Waals surface area contributed by atoms with Gasteiger partial charge < -0.3 is 15.5 Å². The Morgan fingerprint density at radius 2 is 1.85 bits per heavy atom. The number of benzene rings is 1. The number of nitrogens with two attached hydrogens (primary N) is 1. The largest absolute Gasteiger partial charge is 0.383 e. The van der Waals surface area contributed by atoms with Gasteiger partial charge in [-0.25, -0.2) is 4.79 Å². The van der Waals surface area contributed by atoms with Crippen molar-refractivity contribution in [3.63, 3.8) is 0 Å². The number of aromatic amines is 1. The van der Waals surface area contributed by atoms with E-state index in [0.717, 1.165) is 30.4 Å². The zero-order valence-electron chi connectivity index (χ0n) is 20.3. The lowest BCUT2D eigenvalue weighted by molar-refractivity contribution is -0.133. The lowest BCUT2D eigenvalue weighted by Gasteiger charge is -2.37. The number of hydrogen-bond acceptors (Lipinski definition) is 5. The van der Waals surface area contributed by atoms with Crippen LogP contribution in [0.5, 0.6) is 0 Å². The summed E-state index contributed by atoms with van der Waals surface area (Å²) in [5.41, 5.74) is 7.12. The highest BCUT2D eigenvalue weighted by molar-refractivity contribution is 5.96. The van der Waals surface area contributed by atoms with Crippen LogP contribution in [0.25, 0.3) is 0 Å². The summed E-state index contributed by atoms with van der Waals surface area (Å²) in [5.74, 6) is -0.406. The Morgan fingerprint density at radius 1 is 1.15 bits per heavy atom. The maximum Gasteiger partial charge on any atom is 0.330 e. The zero-order chi connectivity index (χ0) is 24.8. The molecule has 1 aliphatic heterocycles. The van der Waals surface area contributed by atoms with Gasteiger partial charge in [0.15, 0.2) is 5.69 Å². The van der Waals surface area contributed by atoms with Crippen molar-refractivity contribution in [1.29, 1.82) is 0 Å². The minimum Gasteiger partial charge on any atom is -0.383 e. The Hall–Kier alpha value is -3.36. The molecule has 3 rings (SSSR count). The second kappa shape index (κ2) is 11.2. The molecule has 2 heterocycles. The van der Waals surface area contributed by atoms with Crippen molar-refractivity contribution >= 4 is 23.3 Å². The van der Waals surface area contributed by atoms with Gasteiger partial charge in [-0.3, -0.25) is 23.9 Å². The van der Waals surface area contributed by atoms with E-state index in [4.69, 9.17) is 5.73 Å². The number of unbranched alkanes of at least 4 members (excludes halogenated alkanes) is 2. The van der Waals surface area contributed by atoms with E-state index in [1.165, 1.54) is 16.4 Å². The van der Waals surface area contributed by atoms with Crippen molar-refractivity contribution in [2.45, 2.75) is 71.9 Å². The second-order valence-corrected chi connectivity index (χ2v) is 8.78. The quantitative estimate of drug-likeness (QED) is 0.585. The van der Waals surface area contributed by atoms with E-state index in [0.29, 0.717) is 32.5 Å². The van der Waals surface area contributed by atoms with Crippen molar-refractivity contribution in [1.82, 2.24) is 14.5 Å². The highest BCUT2D eigenvalue weighted by Crippen LogP contribution is 2.33. The number of nitrogen functional groups attached to an aromatic ring is 1. The monoisotopic (exact) mass is 469 g/mol. The Morgan fingerprint density at radius 3 is 2.53 bits per heavy atom. The number of hydrogen-bond donors (Lipinski definition) is 2. The number of carbonyl (C=O) groups excluding carboxylic acids is 2. The number of amides is 2. The molecule has 1 aromatic carbocycles. The molecule has 1 unspecified atom stereocenters. The summed E-state index contributed by atoms with van der Waals surface area (Å²) in [5, 5.41) is 0. The van der Waals surface area contributed by atoms with E-state index in [1.54, 1.807) is 4.90 Å². The molecule has 0 radical (unpaired) electrons. The van der Waals surface area contributed by atoms with Gasteiger partial charge in [0.1, 0.15) is 5.82 Å². The van der Waals surface area contributed by atoms with E-state index in [-0.39, 0.29) is 29.7 Å². The summed E-state index contributed by atoms with van der Waals surface area (Å²) in [6.07, 6.45) is 3.78. The average Bonchev–Trinajstić information content (AvgIpc) is 2.80. The first-order chi connectivity index (χ1) is 16.3. The van der Waals surface area contributed by atoms with Gasteiger partial charge in [0.2, 0.25) is 11.8 Å². The summed E-state index contributed by atoms with van der Waals surface area (Å²) in [6, 6.07) is 7.40. The van der Waals surface area contributed by atoms with Crippen LogP contribution in [0.1, 0.15) is 70.0 Å². The molecule has 0 spiro atoms. The Labute approximate surface area is 199 Å². The molecule has 1 aliphatic rings. The fourth-order valence-electron chi connectivity index (χ4n) is 4.58. The van der Waals surface area contributed by atoms with Gasteiger partial charge >= 0.3 is 5.69 Å². The van der Waals surface area contributed by atoms with E-state index >= 15 is 0 Å². The van der Waals surface area contributed by atoms with E-state index in [9.17, 15) is 19.2 Å². The van der Waals surface area contributed by atoms with Gasteiger partial charge in [-0.2, -0.15) is 0 Å². The summed E-state index contributed by atoms with van der Waals surface area (Å²) < 4.78 is 1.32. The van der Waals surface area contributed by atoms with E-state index < -0.39 is 17.3 Å². The molecular formula is C25H35N5O4.